The number of nitrogens with two attached hydrogens (primary N) is 1. The van der Waals surface area contributed by atoms with Crippen LogP contribution >= 0.6 is 0 Å². The second kappa shape index (κ2) is 4.65. The monoisotopic (exact) mass is 294 g/mol. The summed E-state index contributed by atoms with van der Waals surface area (Å²) in [5, 5.41) is 0. The molecule has 1 aromatic carbocycles. The second-order valence-corrected chi connectivity index (χ2v) is 4.26. The van der Waals surface area contributed by atoms with E-state index in [1.807, 2.05) is 0 Å². The molecule has 0 atom stereocenters. The van der Waals surface area contributed by atoms with Crippen molar-refractivity contribution < 1.29 is 17.9 Å². The first-order chi connectivity index (χ1) is 9.90. The van der Waals surface area contributed by atoms with E-state index in [1.54, 1.807) is 12.1 Å². The number of pyridine rings is 1. The number of rotatable bonds is 2. The van der Waals surface area contributed by atoms with Gasteiger partial charge < -0.3 is 15.5 Å². The van der Waals surface area contributed by atoms with Gasteiger partial charge in [0.15, 0.2) is 5.65 Å². The predicted molar refractivity (Wildman–Crippen MR) is 70.4 cm³/mol. The summed E-state index contributed by atoms with van der Waals surface area (Å²) < 4.78 is 40.1. The standard InChI is InChI=1S/C13H9F3N4O/c14-13(15,16)21-8-3-1-7(2-4-8)11-18-9-5-6-10(17)19-12(9)20-11/h1-6H,(H3,17,18,19,20). The van der Waals surface area contributed by atoms with Gasteiger partial charge in [-0.15, -0.1) is 13.2 Å². The SMILES string of the molecule is Nc1ccc2[nH]c(-c3ccc(OC(F)(F)F)cc3)nc2n1. The molecule has 0 spiro atoms. The van der Waals surface area contributed by atoms with E-state index in [2.05, 4.69) is 19.7 Å². The summed E-state index contributed by atoms with van der Waals surface area (Å²) >= 11 is 0. The van der Waals surface area contributed by atoms with Gasteiger partial charge in [-0.3, -0.25) is 0 Å². The highest BCUT2D eigenvalue weighted by Gasteiger charge is 2.30. The van der Waals surface area contributed by atoms with E-state index in [1.165, 1.54) is 24.3 Å². The fourth-order valence-corrected chi connectivity index (χ4v) is 1.86. The van der Waals surface area contributed by atoms with Crippen molar-refractivity contribution in [2.45, 2.75) is 6.36 Å². The van der Waals surface area contributed by atoms with Gasteiger partial charge in [-0.2, -0.15) is 0 Å². The number of halogens is 3. The lowest BCUT2D eigenvalue weighted by molar-refractivity contribution is -0.274. The topological polar surface area (TPSA) is 76.8 Å². The van der Waals surface area contributed by atoms with Crippen LogP contribution in [-0.2, 0) is 0 Å². The van der Waals surface area contributed by atoms with Crippen molar-refractivity contribution in [2.75, 3.05) is 5.73 Å². The minimum absolute atomic E-state index is 0.287. The van der Waals surface area contributed by atoms with Gasteiger partial charge in [0.2, 0.25) is 0 Å². The number of H-pyrrole nitrogens is 1. The maximum atomic E-state index is 12.1. The number of nitrogens with one attached hydrogen (secondary N) is 1. The maximum Gasteiger partial charge on any atom is 0.573 e. The highest BCUT2D eigenvalue weighted by Crippen LogP contribution is 2.26. The maximum absolute atomic E-state index is 12.1. The molecule has 0 aliphatic carbocycles. The highest BCUT2D eigenvalue weighted by molar-refractivity contribution is 5.77. The average Bonchev–Trinajstić information content (AvgIpc) is 2.80. The molecule has 3 aromatic rings. The lowest BCUT2D eigenvalue weighted by Crippen LogP contribution is -2.16. The van der Waals surface area contributed by atoms with Crippen LogP contribution in [0.3, 0.4) is 0 Å². The number of hydrogen-bond donors (Lipinski definition) is 2. The molecule has 3 N–H and O–H groups in total. The molecule has 2 heterocycles. The minimum atomic E-state index is -4.71. The number of aromatic amines is 1. The molecular weight excluding hydrogens is 285 g/mol. The van der Waals surface area contributed by atoms with Crippen molar-refractivity contribution in [3.05, 3.63) is 36.4 Å². The third-order valence-electron chi connectivity index (χ3n) is 2.73. The first kappa shape index (κ1) is 13.2. The fraction of sp³-hybridized carbons (Fsp3) is 0.0769. The van der Waals surface area contributed by atoms with Gasteiger partial charge in [0, 0.05) is 5.56 Å². The quantitative estimate of drug-likeness (QED) is 0.761. The van der Waals surface area contributed by atoms with E-state index in [9.17, 15) is 13.2 Å². The largest absolute Gasteiger partial charge is 0.573 e. The molecule has 0 radical (unpaired) electrons. The van der Waals surface area contributed by atoms with Crippen molar-refractivity contribution >= 4 is 17.0 Å². The molecule has 0 unspecified atom stereocenters. The Balaban J connectivity index is 1.91. The number of nitrogens with zero attached hydrogens (tertiary/aromatic N) is 2. The van der Waals surface area contributed by atoms with Crippen LogP contribution in [0.5, 0.6) is 5.75 Å². The third-order valence-corrected chi connectivity index (χ3v) is 2.73. The molecular formula is C13H9F3N4O. The lowest BCUT2D eigenvalue weighted by Gasteiger charge is -2.08. The summed E-state index contributed by atoms with van der Waals surface area (Å²) in [6.07, 6.45) is -4.71. The van der Waals surface area contributed by atoms with Gasteiger partial charge in [0.1, 0.15) is 17.4 Å². The first-order valence-corrected chi connectivity index (χ1v) is 5.89. The molecule has 2 aromatic heterocycles. The third kappa shape index (κ3) is 2.88. The molecule has 21 heavy (non-hydrogen) atoms. The molecule has 0 amide bonds. The zero-order valence-electron chi connectivity index (χ0n) is 10.5. The van der Waals surface area contributed by atoms with Gasteiger partial charge in [-0.05, 0) is 36.4 Å². The minimum Gasteiger partial charge on any atom is -0.406 e. The summed E-state index contributed by atoms with van der Waals surface area (Å²) in [6, 6.07) is 8.75. The van der Waals surface area contributed by atoms with Gasteiger partial charge in [-0.1, -0.05) is 0 Å². The van der Waals surface area contributed by atoms with E-state index in [0.717, 1.165) is 0 Å². The number of fused-ring (bicyclic) bond motifs is 1. The number of hydrogen-bond acceptors (Lipinski definition) is 4. The van der Waals surface area contributed by atoms with Crippen LogP contribution in [0.4, 0.5) is 19.0 Å². The van der Waals surface area contributed by atoms with Crippen molar-refractivity contribution in [1.82, 2.24) is 15.0 Å². The summed E-state index contributed by atoms with van der Waals surface area (Å²) in [6.45, 7) is 0. The normalized spacial score (nSPS) is 11.8. The van der Waals surface area contributed by atoms with Crippen LogP contribution in [0, 0.1) is 0 Å². The molecule has 0 bridgehead atoms. The van der Waals surface area contributed by atoms with E-state index in [-0.39, 0.29) is 5.75 Å². The van der Waals surface area contributed by atoms with Crippen LogP contribution in [-0.4, -0.2) is 21.3 Å². The summed E-state index contributed by atoms with van der Waals surface area (Å²) in [4.78, 5) is 11.3. The van der Waals surface area contributed by atoms with E-state index < -0.39 is 6.36 Å². The summed E-state index contributed by atoms with van der Waals surface area (Å²) in [5.74, 6) is 0.542. The molecule has 108 valence electrons. The Kier molecular flexibility index (Phi) is 2.93. The van der Waals surface area contributed by atoms with Crippen molar-refractivity contribution in [2.24, 2.45) is 0 Å². The number of ether oxygens (including phenoxy) is 1. The number of imidazole rings is 1. The van der Waals surface area contributed by atoms with Gasteiger partial charge in [0.25, 0.3) is 0 Å². The Hall–Kier alpha value is -2.77. The van der Waals surface area contributed by atoms with Crippen LogP contribution in [0.25, 0.3) is 22.6 Å². The smallest absolute Gasteiger partial charge is 0.406 e. The van der Waals surface area contributed by atoms with Crippen molar-refractivity contribution in [3.63, 3.8) is 0 Å². The van der Waals surface area contributed by atoms with Gasteiger partial charge in [0.05, 0.1) is 5.52 Å². The van der Waals surface area contributed by atoms with E-state index in [0.29, 0.717) is 28.4 Å². The zero-order chi connectivity index (χ0) is 15.0. The second-order valence-electron chi connectivity index (χ2n) is 4.26. The van der Waals surface area contributed by atoms with Crippen molar-refractivity contribution in [1.29, 1.82) is 0 Å². The van der Waals surface area contributed by atoms with E-state index >= 15 is 0 Å². The average molecular weight is 294 g/mol. The number of alkyl halides is 3. The summed E-state index contributed by atoms with van der Waals surface area (Å²) in [5.41, 5.74) is 7.31. The molecule has 0 saturated carbocycles. The molecule has 3 rings (SSSR count). The van der Waals surface area contributed by atoms with Crippen LogP contribution < -0.4 is 10.5 Å². The predicted octanol–water partition coefficient (Wildman–Crippen LogP) is 3.11. The van der Waals surface area contributed by atoms with Crippen LogP contribution in [0.2, 0.25) is 0 Å². The molecule has 0 aliphatic rings. The van der Waals surface area contributed by atoms with E-state index in [4.69, 9.17) is 5.73 Å². The highest BCUT2D eigenvalue weighted by atomic mass is 19.4. The molecule has 0 aliphatic heterocycles. The Morgan fingerprint density at radius 2 is 1.71 bits per heavy atom. The number of aromatic nitrogens is 3. The van der Waals surface area contributed by atoms with Gasteiger partial charge in [-0.25, -0.2) is 9.97 Å². The van der Waals surface area contributed by atoms with Crippen LogP contribution in [0.15, 0.2) is 36.4 Å². The molecule has 0 saturated heterocycles. The number of nitrogen functional groups attached to an aromatic ring is 1. The molecule has 8 heteroatoms. The Labute approximate surface area is 116 Å². The fourth-order valence-electron chi connectivity index (χ4n) is 1.86. The molecule has 0 fully saturated rings. The zero-order valence-corrected chi connectivity index (χ0v) is 10.5. The van der Waals surface area contributed by atoms with Crippen LogP contribution in [0.1, 0.15) is 0 Å². The van der Waals surface area contributed by atoms with Gasteiger partial charge >= 0.3 is 6.36 Å². The Morgan fingerprint density at radius 1 is 1.00 bits per heavy atom. The van der Waals surface area contributed by atoms with Crippen molar-refractivity contribution in [3.8, 4) is 17.1 Å². The molecule has 5 nitrogen and oxygen atoms in total. The summed E-state index contributed by atoms with van der Waals surface area (Å²) in [7, 11) is 0. The Morgan fingerprint density at radius 3 is 2.38 bits per heavy atom. The number of benzene rings is 1. The lowest BCUT2D eigenvalue weighted by atomic mass is 10.2. The Bertz CT molecular complexity index is 780. The number of anilines is 1. The first-order valence-electron chi connectivity index (χ1n) is 5.89.